The smallest absolute Gasteiger partial charge is 0.132 e. The summed E-state index contributed by atoms with van der Waals surface area (Å²) >= 11 is 0. The fraction of sp³-hybridized carbons (Fsp3) is 0.933. The summed E-state index contributed by atoms with van der Waals surface area (Å²) in [5, 5.41) is 9.50. The molecule has 2 nitrogen and oxygen atoms in total. The average Bonchev–Trinajstić information content (AvgIpc) is 2.26. The highest BCUT2D eigenvalue weighted by atomic mass is 16.3. The van der Waals surface area contributed by atoms with Gasteiger partial charge in [0.15, 0.2) is 0 Å². The molecule has 2 heteroatoms. The number of Topliss-reactive ketones (excluding diaryl/α,β-unsaturated/α-hetero) is 1. The maximum absolute atomic E-state index is 10.8. The second kappa shape index (κ2) is 12.1. The van der Waals surface area contributed by atoms with Crippen LogP contribution in [0.1, 0.15) is 84.5 Å². The molecule has 0 heterocycles. The fourth-order valence-corrected chi connectivity index (χ4v) is 2.12. The fourth-order valence-electron chi connectivity index (χ4n) is 2.12. The zero-order valence-electron chi connectivity index (χ0n) is 11.7. The number of aliphatic hydroxyl groups is 1. The first-order chi connectivity index (χ1) is 8.16. The minimum atomic E-state index is -0.406. The van der Waals surface area contributed by atoms with Gasteiger partial charge in [0, 0.05) is 6.42 Å². The van der Waals surface area contributed by atoms with Gasteiger partial charge in [-0.15, -0.1) is 0 Å². The zero-order valence-corrected chi connectivity index (χ0v) is 11.7. The predicted octanol–water partition coefficient (Wildman–Crippen LogP) is 4.25. The molecule has 0 radical (unpaired) electrons. The van der Waals surface area contributed by atoms with E-state index in [1.165, 1.54) is 51.4 Å². The van der Waals surface area contributed by atoms with Gasteiger partial charge in [0.2, 0.25) is 0 Å². The molecule has 0 fully saturated rings. The van der Waals surface area contributed by atoms with E-state index in [9.17, 15) is 9.90 Å². The molecule has 0 rings (SSSR count). The molecule has 0 aliphatic heterocycles. The lowest BCUT2D eigenvalue weighted by Crippen LogP contribution is -2.10. The Balaban J connectivity index is 3.10. The van der Waals surface area contributed by atoms with Crippen molar-refractivity contribution in [2.24, 2.45) is 0 Å². The Labute approximate surface area is 107 Å². The summed E-state index contributed by atoms with van der Waals surface area (Å²) in [6.07, 6.45) is 12.4. The third-order valence-corrected chi connectivity index (χ3v) is 3.16. The molecule has 0 saturated carbocycles. The van der Waals surface area contributed by atoms with Crippen LogP contribution in [0.2, 0.25) is 0 Å². The van der Waals surface area contributed by atoms with Crippen LogP contribution in [0.15, 0.2) is 0 Å². The highest BCUT2D eigenvalue weighted by Crippen LogP contribution is 2.12. The van der Waals surface area contributed by atoms with Crippen LogP contribution in [0.5, 0.6) is 0 Å². The van der Waals surface area contributed by atoms with Gasteiger partial charge in [-0.2, -0.15) is 0 Å². The van der Waals surface area contributed by atoms with E-state index in [2.05, 4.69) is 6.92 Å². The van der Waals surface area contributed by atoms with E-state index in [1.54, 1.807) is 6.92 Å². The van der Waals surface area contributed by atoms with Crippen LogP contribution < -0.4 is 0 Å². The summed E-state index contributed by atoms with van der Waals surface area (Å²) in [5.74, 6) is 0.0911. The third-order valence-electron chi connectivity index (χ3n) is 3.16. The molecule has 0 aromatic carbocycles. The van der Waals surface area contributed by atoms with Gasteiger partial charge >= 0.3 is 0 Å². The van der Waals surface area contributed by atoms with Gasteiger partial charge in [-0.05, 0) is 13.3 Å². The predicted molar refractivity (Wildman–Crippen MR) is 73.1 cm³/mol. The topological polar surface area (TPSA) is 37.3 Å². The number of ketones is 1. The van der Waals surface area contributed by atoms with Crippen LogP contribution in [-0.2, 0) is 4.79 Å². The van der Waals surface area contributed by atoms with Gasteiger partial charge in [-0.25, -0.2) is 0 Å². The Kier molecular flexibility index (Phi) is 11.8. The van der Waals surface area contributed by atoms with Crippen molar-refractivity contribution in [2.75, 3.05) is 0 Å². The molecule has 1 N–H and O–H groups in total. The Morgan fingerprint density at radius 1 is 0.941 bits per heavy atom. The Hall–Kier alpha value is -0.370. The first-order valence-electron chi connectivity index (χ1n) is 7.34. The van der Waals surface area contributed by atoms with Crippen molar-refractivity contribution in [2.45, 2.75) is 90.6 Å². The molecule has 1 atom stereocenters. The van der Waals surface area contributed by atoms with Crippen molar-refractivity contribution in [1.29, 1.82) is 0 Å². The van der Waals surface area contributed by atoms with Crippen molar-refractivity contribution in [1.82, 2.24) is 0 Å². The van der Waals surface area contributed by atoms with Crippen LogP contribution >= 0.6 is 0 Å². The van der Waals surface area contributed by atoms with Crippen LogP contribution in [0, 0.1) is 0 Å². The summed E-state index contributed by atoms with van der Waals surface area (Å²) in [6, 6.07) is 0. The van der Waals surface area contributed by atoms with Crippen LogP contribution in [-0.4, -0.2) is 17.0 Å². The van der Waals surface area contributed by atoms with Gasteiger partial charge in [0.1, 0.15) is 5.78 Å². The standard InChI is InChI=1S/C15H30O2/c1-3-4-5-6-7-8-9-10-11-12-15(17)13-14(2)16/h15,17H,3-13H2,1-2H3. The number of rotatable bonds is 12. The molecule has 102 valence electrons. The van der Waals surface area contributed by atoms with Crippen LogP contribution in [0.25, 0.3) is 0 Å². The zero-order chi connectivity index (χ0) is 12.9. The quantitative estimate of drug-likeness (QED) is 0.519. The van der Waals surface area contributed by atoms with Gasteiger partial charge in [0.25, 0.3) is 0 Å². The van der Waals surface area contributed by atoms with E-state index in [0.717, 1.165) is 12.8 Å². The Bertz CT molecular complexity index is 178. The van der Waals surface area contributed by atoms with Crippen molar-refractivity contribution in [3.63, 3.8) is 0 Å². The second-order valence-corrected chi connectivity index (χ2v) is 5.18. The third kappa shape index (κ3) is 13.6. The Morgan fingerprint density at radius 2 is 1.41 bits per heavy atom. The monoisotopic (exact) mass is 242 g/mol. The first-order valence-corrected chi connectivity index (χ1v) is 7.34. The molecule has 0 aliphatic carbocycles. The molecular formula is C15H30O2. The largest absolute Gasteiger partial charge is 0.393 e. The number of aliphatic hydroxyl groups excluding tert-OH is 1. The van der Waals surface area contributed by atoms with Gasteiger partial charge < -0.3 is 5.11 Å². The molecule has 0 bridgehead atoms. The van der Waals surface area contributed by atoms with E-state index in [-0.39, 0.29) is 5.78 Å². The molecule has 0 aromatic heterocycles. The van der Waals surface area contributed by atoms with E-state index < -0.39 is 6.10 Å². The van der Waals surface area contributed by atoms with Gasteiger partial charge in [-0.1, -0.05) is 64.7 Å². The number of unbranched alkanes of at least 4 members (excludes halogenated alkanes) is 8. The lowest BCUT2D eigenvalue weighted by molar-refractivity contribution is -0.118. The molecule has 0 saturated heterocycles. The highest BCUT2D eigenvalue weighted by Gasteiger charge is 2.06. The van der Waals surface area contributed by atoms with Crippen molar-refractivity contribution in [3.8, 4) is 0 Å². The lowest BCUT2D eigenvalue weighted by atomic mass is 10.0. The molecule has 0 spiro atoms. The van der Waals surface area contributed by atoms with Crippen molar-refractivity contribution in [3.05, 3.63) is 0 Å². The maximum Gasteiger partial charge on any atom is 0.132 e. The second-order valence-electron chi connectivity index (χ2n) is 5.18. The summed E-state index contributed by atoms with van der Waals surface area (Å²) in [6.45, 7) is 3.78. The Morgan fingerprint density at radius 3 is 1.88 bits per heavy atom. The minimum absolute atomic E-state index is 0.0911. The lowest BCUT2D eigenvalue weighted by Gasteiger charge is -2.07. The molecule has 0 amide bonds. The highest BCUT2D eigenvalue weighted by molar-refractivity contribution is 5.75. The molecule has 0 aromatic rings. The van der Waals surface area contributed by atoms with Crippen molar-refractivity contribution >= 4 is 5.78 Å². The van der Waals surface area contributed by atoms with Gasteiger partial charge in [-0.3, -0.25) is 4.79 Å². The molecule has 17 heavy (non-hydrogen) atoms. The minimum Gasteiger partial charge on any atom is -0.393 e. The SMILES string of the molecule is CCCCCCCCCCCC(O)CC(C)=O. The normalized spacial score (nSPS) is 12.6. The molecule has 0 aliphatic rings. The summed E-state index contributed by atoms with van der Waals surface area (Å²) < 4.78 is 0. The van der Waals surface area contributed by atoms with E-state index in [1.807, 2.05) is 0 Å². The van der Waals surface area contributed by atoms with E-state index >= 15 is 0 Å². The van der Waals surface area contributed by atoms with E-state index in [4.69, 9.17) is 0 Å². The molecular weight excluding hydrogens is 212 g/mol. The summed E-state index contributed by atoms with van der Waals surface area (Å²) in [7, 11) is 0. The summed E-state index contributed by atoms with van der Waals surface area (Å²) in [5.41, 5.74) is 0. The average molecular weight is 242 g/mol. The van der Waals surface area contributed by atoms with E-state index in [0.29, 0.717) is 6.42 Å². The van der Waals surface area contributed by atoms with Crippen LogP contribution in [0.3, 0.4) is 0 Å². The summed E-state index contributed by atoms with van der Waals surface area (Å²) in [4.78, 5) is 10.8. The number of hydrogen-bond acceptors (Lipinski definition) is 2. The number of carbonyl (C=O) groups is 1. The van der Waals surface area contributed by atoms with Crippen LogP contribution in [0.4, 0.5) is 0 Å². The maximum atomic E-state index is 10.8. The first kappa shape index (κ1) is 16.6. The number of carbonyl (C=O) groups excluding carboxylic acids is 1. The van der Waals surface area contributed by atoms with Gasteiger partial charge in [0.05, 0.1) is 6.10 Å². The number of hydrogen-bond donors (Lipinski definition) is 1. The molecule has 1 unspecified atom stereocenters. The van der Waals surface area contributed by atoms with Crippen molar-refractivity contribution < 1.29 is 9.90 Å².